The Hall–Kier alpha value is 0.137. The van der Waals surface area contributed by atoms with E-state index in [1.165, 1.54) is 0 Å². The third kappa shape index (κ3) is 8.14. The highest BCUT2D eigenvalue weighted by Gasteiger charge is 2.14. The van der Waals surface area contributed by atoms with Crippen LogP contribution in [0.3, 0.4) is 0 Å². The van der Waals surface area contributed by atoms with Gasteiger partial charge < -0.3 is 10.1 Å². The zero-order chi connectivity index (χ0) is 7.33. The van der Waals surface area contributed by atoms with E-state index in [0.717, 1.165) is 19.0 Å². The van der Waals surface area contributed by atoms with Crippen molar-refractivity contribution >= 4 is 8.32 Å². The van der Waals surface area contributed by atoms with Gasteiger partial charge in [0.2, 0.25) is 0 Å². The van der Waals surface area contributed by atoms with E-state index in [4.69, 9.17) is 0 Å². The van der Waals surface area contributed by atoms with Crippen molar-refractivity contribution in [1.29, 1.82) is 0 Å². The quantitative estimate of drug-likeness (QED) is 0.455. The Balaban J connectivity index is 3.07. The summed E-state index contributed by atoms with van der Waals surface area (Å²) in [5.74, 6) is 0. The monoisotopic (exact) mass is 147 g/mol. The number of hydrogen-bond acceptors (Lipinski definition) is 2. The van der Waals surface area contributed by atoms with Crippen molar-refractivity contribution in [2.24, 2.45) is 0 Å². The molecule has 2 nitrogen and oxygen atoms in total. The van der Waals surface area contributed by atoms with Gasteiger partial charge in [-0.15, -0.1) is 0 Å². The first kappa shape index (κ1) is 9.14. The first-order chi connectivity index (χ1) is 4.06. The Morgan fingerprint density at radius 3 is 2.33 bits per heavy atom. The van der Waals surface area contributed by atoms with Gasteiger partial charge in [-0.3, -0.25) is 0 Å². The fraction of sp³-hybridized carbons (Fsp3) is 1.00. The number of nitrogens with one attached hydrogen (secondary N) is 1. The van der Waals surface area contributed by atoms with Crippen molar-refractivity contribution in [1.82, 2.24) is 5.32 Å². The highest BCUT2D eigenvalue weighted by molar-refractivity contribution is 6.69. The van der Waals surface area contributed by atoms with Gasteiger partial charge >= 0.3 is 0 Å². The van der Waals surface area contributed by atoms with Gasteiger partial charge in [0, 0.05) is 0 Å². The minimum absolute atomic E-state index is 1.01. The largest absolute Gasteiger partial charge is 0.432 e. The third-order valence-corrected chi connectivity index (χ3v) is 2.79. The summed E-state index contributed by atoms with van der Waals surface area (Å²) in [5, 5.41) is 3.05. The first-order valence-electron chi connectivity index (χ1n) is 3.43. The molecule has 0 heterocycles. The van der Waals surface area contributed by atoms with Gasteiger partial charge in [-0.25, -0.2) is 0 Å². The van der Waals surface area contributed by atoms with Crippen molar-refractivity contribution in [2.75, 3.05) is 13.6 Å². The lowest BCUT2D eigenvalue weighted by Gasteiger charge is -2.12. The van der Waals surface area contributed by atoms with Crippen LogP contribution >= 0.6 is 0 Å². The normalized spacial score (nSPS) is 12.0. The Morgan fingerprint density at radius 1 is 1.44 bits per heavy atom. The van der Waals surface area contributed by atoms with Crippen LogP contribution in [-0.2, 0) is 0 Å². The zero-order valence-electron chi connectivity index (χ0n) is 6.57. The summed E-state index contributed by atoms with van der Waals surface area (Å²) in [6, 6.07) is 1.01. The zero-order valence-corrected chi connectivity index (χ0v) is 7.57. The highest BCUT2D eigenvalue weighted by atomic mass is 28.4. The molecule has 0 aliphatic carbocycles. The van der Waals surface area contributed by atoms with Crippen LogP contribution in [0.1, 0.15) is 6.42 Å². The molecule has 56 valence electrons. The van der Waals surface area contributed by atoms with Crippen molar-refractivity contribution < 1.29 is 4.80 Å². The number of hydrogen-bond donors (Lipinski definition) is 2. The lowest BCUT2D eigenvalue weighted by molar-refractivity contribution is 0.542. The van der Waals surface area contributed by atoms with Gasteiger partial charge in [0.05, 0.1) is 0 Å². The van der Waals surface area contributed by atoms with Gasteiger partial charge in [0.15, 0.2) is 8.32 Å². The topological polar surface area (TPSA) is 32.3 Å². The van der Waals surface area contributed by atoms with Crippen LogP contribution in [0.4, 0.5) is 0 Å². The maximum absolute atomic E-state index is 9.36. The Morgan fingerprint density at radius 2 is 2.00 bits per heavy atom. The second-order valence-electron chi connectivity index (χ2n) is 3.02. The Bertz CT molecular complexity index is 69.9. The third-order valence-electron chi connectivity index (χ3n) is 1.22. The van der Waals surface area contributed by atoms with E-state index in [2.05, 4.69) is 5.32 Å². The smallest absolute Gasteiger partial charge is 0.182 e. The average Bonchev–Trinajstić information content (AvgIpc) is 1.63. The van der Waals surface area contributed by atoms with Crippen LogP contribution in [-0.4, -0.2) is 26.7 Å². The molecule has 0 radical (unpaired) electrons. The molecule has 0 amide bonds. The summed E-state index contributed by atoms with van der Waals surface area (Å²) in [5.41, 5.74) is 0. The SMILES string of the molecule is CNCCC[Si](C)(C)O. The van der Waals surface area contributed by atoms with E-state index in [0.29, 0.717) is 0 Å². The molecule has 0 spiro atoms. The minimum atomic E-state index is -1.73. The molecule has 0 aliphatic rings. The van der Waals surface area contributed by atoms with E-state index in [-0.39, 0.29) is 0 Å². The predicted octanol–water partition coefficient (Wildman–Crippen LogP) is 0.793. The van der Waals surface area contributed by atoms with Crippen molar-refractivity contribution in [2.45, 2.75) is 25.6 Å². The molecule has 0 aromatic rings. The molecule has 2 N–H and O–H groups in total. The molecule has 0 saturated heterocycles. The van der Waals surface area contributed by atoms with Gasteiger partial charge in [-0.2, -0.15) is 0 Å². The molecule has 0 aliphatic heterocycles. The molecule has 0 atom stereocenters. The van der Waals surface area contributed by atoms with Gasteiger partial charge in [0.25, 0.3) is 0 Å². The molecular formula is C6H17NOSi. The Kier molecular flexibility index (Phi) is 4.09. The molecule has 3 heteroatoms. The summed E-state index contributed by atoms with van der Waals surface area (Å²) in [6.45, 7) is 4.97. The fourth-order valence-electron chi connectivity index (χ4n) is 0.698. The Labute approximate surface area is 58.4 Å². The van der Waals surface area contributed by atoms with E-state index >= 15 is 0 Å². The van der Waals surface area contributed by atoms with Crippen molar-refractivity contribution in [3.05, 3.63) is 0 Å². The summed E-state index contributed by atoms with van der Waals surface area (Å²) in [4.78, 5) is 9.36. The van der Waals surface area contributed by atoms with Crippen molar-refractivity contribution in [3.63, 3.8) is 0 Å². The second-order valence-corrected chi connectivity index (χ2v) is 7.14. The van der Waals surface area contributed by atoms with Gasteiger partial charge in [-0.1, -0.05) is 0 Å². The predicted molar refractivity (Wildman–Crippen MR) is 43.1 cm³/mol. The van der Waals surface area contributed by atoms with Crippen LogP contribution in [0.25, 0.3) is 0 Å². The maximum Gasteiger partial charge on any atom is 0.182 e. The van der Waals surface area contributed by atoms with E-state index < -0.39 is 8.32 Å². The molecule has 0 rings (SSSR count). The van der Waals surface area contributed by atoms with Crippen LogP contribution < -0.4 is 5.32 Å². The standard InChI is InChI=1S/C6H17NOSi/c1-7-5-4-6-9(2,3)8/h7-8H,4-6H2,1-3H3. The molecule has 9 heavy (non-hydrogen) atoms. The lowest BCUT2D eigenvalue weighted by Crippen LogP contribution is -2.25. The lowest BCUT2D eigenvalue weighted by atomic mass is 10.5. The van der Waals surface area contributed by atoms with E-state index in [1.54, 1.807) is 0 Å². The first-order valence-corrected chi connectivity index (χ1v) is 6.59. The summed E-state index contributed by atoms with van der Waals surface area (Å²) in [6.07, 6.45) is 1.10. The van der Waals surface area contributed by atoms with E-state index in [9.17, 15) is 4.80 Å². The van der Waals surface area contributed by atoms with Crippen LogP contribution in [0.5, 0.6) is 0 Å². The maximum atomic E-state index is 9.36. The molecule has 0 aromatic heterocycles. The summed E-state index contributed by atoms with van der Waals surface area (Å²) < 4.78 is 0. The fourth-order valence-corrected chi connectivity index (χ4v) is 1.74. The molecule has 0 unspecified atom stereocenters. The number of rotatable bonds is 4. The van der Waals surface area contributed by atoms with Crippen LogP contribution in [0.15, 0.2) is 0 Å². The molecule has 0 saturated carbocycles. The van der Waals surface area contributed by atoms with Crippen molar-refractivity contribution in [3.8, 4) is 0 Å². The molecular weight excluding hydrogens is 130 g/mol. The second kappa shape index (κ2) is 4.03. The summed E-state index contributed by atoms with van der Waals surface area (Å²) in [7, 11) is 0.202. The average molecular weight is 147 g/mol. The van der Waals surface area contributed by atoms with Crippen LogP contribution in [0, 0.1) is 0 Å². The van der Waals surface area contributed by atoms with E-state index in [1.807, 2.05) is 20.1 Å². The van der Waals surface area contributed by atoms with Gasteiger partial charge in [0.1, 0.15) is 0 Å². The summed E-state index contributed by atoms with van der Waals surface area (Å²) >= 11 is 0. The van der Waals surface area contributed by atoms with Crippen LogP contribution in [0.2, 0.25) is 19.1 Å². The van der Waals surface area contributed by atoms with Gasteiger partial charge in [-0.05, 0) is 39.2 Å². The molecule has 0 bridgehead atoms. The molecule has 0 aromatic carbocycles. The minimum Gasteiger partial charge on any atom is -0.432 e. The molecule has 0 fully saturated rings. The highest BCUT2D eigenvalue weighted by Crippen LogP contribution is 2.05.